The molecule has 1 heterocycles. The van der Waals surface area contributed by atoms with E-state index in [4.69, 9.17) is 10.6 Å². The number of nitrogens with two attached hydrogens (primary N) is 1. The van der Waals surface area contributed by atoms with Crippen LogP contribution >= 0.6 is 0 Å². The number of likely N-dealkylation sites (N-methyl/N-ethyl adjacent to an activating group) is 1. The first-order chi connectivity index (χ1) is 8.10. The molecule has 0 bridgehead atoms. The number of hydrazine groups is 1. The van der Waals surface area contributed by atoms with Gasteiger partial charge in [-0.2, -0.15) is 0 Å². The summed E-state index contributed by atoms with van der Waals surface area (Å²) in [5.74, 6) is 5.33. The second kappa shape index (κ2) is 6.12. The molecule has 3 N–H and O–H groups in total. The fourth-order valence-electron chi connectivity index (χ4n) is 1.27. The Morgan fingerprint density at radius 3 is 2.94 bits per heavy atom. The first kappa shape index (κ1) is 13.3. The standard InChI is InChI=1S/C10H17N5O2/c1-7(6-17-3)15(2)10(16)8-4-12-5-9(13-8)14-11/h4-5,7H,6,11H2,1-3H3,(H,13,14). The van der Waals surface area contributed by atoms with Crippen LogP contribution in [0.1, 0.15) is 17.4 Å². The maximum Gasteiger partial charge on any atom is 0.274 e. The van der Waals surface area contributed by atoms with Gasteiger partial charge in [0.15, 0.2) is 5.82 Å². The van der Waals surface area contributed by atoms with E-state index in [2.05, 4.69) is 15.4 Å². The number of aromatic nitrogens is 2. The van der Waals surface area contributed by atoms with Gasteiger partial charge in [0.2, 0.25) is 0 Å². The predicted molar refractivity (Wildman–Crippen MR) is 63.3 cm³/mol. The summed E-state index contributed by atoms with van der Waals surface area (Å²) < 4.78 is 4.99. The summed E-state index contributed by atoms with van der Waals surface area (Å²) >= 11 is 0. The van der Waals surface area contributed by atoms with Crippen molar-refractivity contribution < 1.29 is 9.53 Å². The number of hydrogen-bond donors (Lipinski definition) is 2. The largest absolute Gasteiger partial charge is 0.383 e. The molecule has 0 aliphatic heterocycles. The molecular formula is C10H17N5O2. The highest BCUT2D eigenvalue weighted by atomic mass is 16.5. The van der Waals surface area contributed by atoms with Crippen LogP contribution in [0, 0.1) is 0 Å². The lowest BCUT2D eigenvalue weighted by Gasteiger charge is -2.23. The predicted octanol–water partition coefficient (Wildman–Crippen LogP) is -0.131. The third-order valence-corrected chi connectivity index (χ3v) is 2.39. The lowest BCUT2D eigenvalue weighted by molar-refractivity contribution is 0.0627. The Hall–Kier alpha value is -1.73. The van der Waals surface area contributed by atoms with Crippen molar-refractivity contribution in [2.45, 2.75) is 13.0 Å². The lowest BCUT2D eigenvalue weighted by atomic mass is 10.3. The number of amides is 1. The first-order valence-corrected chi connectivity index (χ1v) is 5.15. The number of nitrogen functional groups attached to an aromatic ring is 1. The number of nitrogens with one attached hydrogen (secondary N) is 1. The van der Waals surface area contributed by atoms with Crippen LogP contribution in [0.3, 0.4) is 0 Å². The molecule has 1 aromatic heterocycles. The van der Waals surface area contributed by atoms with Gasteiger partial charge in [-0.1, -0.05) is 0 Å². The van der Waals surface area contributed by atoms with Crippen molar-refractivity contribution in [3.63, 3.8) is 0 Å². The molecule has 94 valence electrons. The molecule has 1 amide bonds. The molecule has 0 radical (unpaired) electrons. The molecule has 0 spiro atoms. The van der Waals surface area contributed by atoms with Crippen LogP contribution in [0.15, 0.2) is 12.4 Å². The summed E-state index contributed by atoms with van der Waals surface area (Å²) in [5.41, 5.74) is 2.59. The summed E-state index contributed by atoms with van der Waals surface area (Å²) in [5, 5.41) is 0. The van der Waals surface area contributed by atoms with Gasteiger partial charge in [-0.25, -0.2) is 10.8 Å². The molecule has 17 heavy (non-hydrogen) atoms. The number of anilines is 1. The highest BCUT2D eigenvalue weighted by molar-refractivity contribution is 5.92. The Kier molecular flexibility index (Phi) is 4.80. The van der Waals surface area contributed by atoms with Crippen molar-refractivity contribution in [3.05, 3.63) is 18.1 Å². The van der Waals surface area contributed by atoms with E-state index in [1.54, 1.807) is 19.1 Å². The van der Waals surface area contributed by atoms with Gasteiger partial charge in [0, 0.05) is 14.2 Å². The molecule has 0 fully saturated rings. The van der Waals surface area contributed by atoms with Crippen molar-refractivity contribution in [1.82, 2.24) is 14.9 Å². The van der Waals surface area contributed by atoms with Gasteiger partial charge >= 0.3 is 0 Å². The van der Waals surface area contributed by atoms with Crippen LogP contribution < -0.4 is 11.3 Å². The van der Waals surface area contributed by atoms with E-state index in [-0.39, 0.29) is 17.6 Å². The van der Waals surface area contributed by atoms with Gasteiger partial charge < -0.3 is 15.1 Å². The molecule has 0 aromatic carbocycles. The summed E-state index contributed by atoms with van der Waals surface area (Å²) in [6.45, 7) is 2.35. The Bertz CT molecular complexity index is 385. The van der Waals surface area contributed by atoms with Gasteiger partial charge in [0.1, 0.15) is 5.69 Å². The topological polar surface area (TPSA) is 93.4 Å². The Labute approximate surface area is 100.0 Å². The maximum absolute atomic E-state index is 12.0. The molecule has 0 aliphatic carbocycles. The zero-order chi connectivity index (χ0) is 12.8. The van der Waals surface area contributed by atoms with Crippen molar-refractivity contribution in [2.75, 3.05) is 26.2 Å². The van der Waals surface area contributed by atoms with Gasteiger partial charge in [-0.15, -0.1) is 0 Å². The first-order valence-electron chi connectivity index (χ1n) is 5.15. The smallest absolute Gasteiger partial charge is 0.274 e. The van der Waals surface area contributed by atoms with E-state index < -0.39 is 0 Å². The third kappa shape index (κ3) is 3.36. The number of rotatable bonds is 5. The number of carbonyl (C=O) groups excluding carboxylic acids is 1. The summed E-state index contributed by atoms with van der Waals surface area (Å²) in [4.78, 5) is 21.5. The van der Waals surface area contributed by atoms with E-state index in [0.29, 0.717) is 12.4 Å². The summed E-state index contributed by atoms with van der Waals surface area (Å²) in [7, 11) is 3.28. The van der Waals surface area contributed by atoms with E-state index in [1.165, 1.54) is 12.4 Å². The normalized spacial score (nSPS) is 12.0. The molecule has 1 rings (SSSR count). The third-order valence-electron chi connectivity index (χ3n) is 2.39. The van der Waals surface area contributed by atoms with Crippen molar-refractivity contribution in [3.8, 4) is 0 Å². The Balaban J connectivity index is 2.80. The van der Waals surface area contributed by atoms with Crippen LogP contribution in [0.2, 0.25) is 0 Å². The minimum atomic E-state index is -0.223. The maximum atomic E-state index is 12.0. The van der Waals surface area contributed by atoms with Gasteiger partial charge in [0.25, 0.3) is 5.91 Å². The Morgan fingerprint density at radius 1 is 1.65 bits per heavy atom. The molecule has 1 atom stereocenters. The molecule has 0 aliphatic rings. The highest BCUT2D eigenvalue weighted by Crippen LogP contribution is 2.06. The zero-order valence-electron chi connectivity index (χ0n) is 10.2. The monoisotopic (exact) mass is 239 g/mol. The second-order valence-corrected chi connectivity index (χ2v) is 3.65. The van der Waals surface area contributed by atoms with E-state index in [0.717, 1.165) is 0 Å². The van der Waals surface area contributed by atoms with Gasteiger partial charge in [0.05, 0.1) is 25.0 Å². The summed E-state index contributed by atoms with van der Waals surface area (Å²) in [6.07, 6.45) is 2.84. The molecule has 0 saturated carbocycles. The minimum absolute atomic E-state index is 0.0382. The Morgan fingerprint density at radius 2 is 2.35 bits per heavy atom. The van der Waals surface area contributed by atoms with E-state index >= 15 is 0 Å². The molecule has 1 aromatic rings. The van der Waals surface area contributed by atoms with Crippen LogP contribution in [-0.2, 0) is 4.74 Å². The number of hydrogen-bond acceptors (Lipinski definition) is 6. The quantitative estimate of drug-likeness (QED) is 0.549. The zero-order valence-corrected chi connectivity index (χ0v) is 10.2. The van der Waals surface area contributed by atoms with Crippen molar-refractivity contribution >= 4 is 11.7 Å². The SMILES string of the molecule is COCC(C)N(C)C(=O)c1cncc(NN)n1. The molecule has 1 unspecified atom stereocenters. The number of carbonyl (C=O) groups is 1. The highest BCUT2D eigenvalue weighted by Gasteiger charge is 2.19. The number of nitrogens with zero attached hydrogens (tertiary/aromatic N) is 3. The fourth-order valence-corrected chi connectivity index (χ4v) is 1.27. The van der Waals surface area contributed by atoms with Gasteiger partial charge in [-0.3, -0.25) is 9.78 Å². The molecular weight excluding hydrogens is 222 g/mol. The van der Waals surface area contributed by atoms with Crippen LogP contribution in [0.5, 0.6) is 0 Å². The molecule has 0 saturated heterocycles. The average Bonchev–Trinajstić information content (AvgIpc) is 2.37. The van der Waals surface area contributed by atoms with Crippen molar-refractivity contribution in [2.24, 2.45) is 5.84 Å². The van der Waals surface area contributed by atoms with Crippen molar-refractivity contribution in [1.29, 1.82) is 0 Å². The van der Waals surface area contributed by atoms with Crippen LogP contribution in [0.25, 0.3) is 0 Å². The van der Waals surface area contributed by atoms with Gasteiger partial charge in [-0.05, 0) is 6.92 Å². The fraction of sp³-hybridized carbons (Fsp3) is 0.500. The molecule has 7 heteroatoms. The average molecular weight is 239 g/mol. The molecule has 7 nitrogen and oxygen atoms in total. The number of ether oxygens (including phenoxy) is 1. The lowest BCUT2D eigenvalue weighted by Crippen LogP contribution is -2.38. The van der Waals surface area contributed by atoms with E-state index in [1.807, 2.05) is 6.92 Å². The minimum Gasteiger partial charge on any atom is -0.383 e. The van der Waals surface area contributed by atoms with Crippen LogP contribution in [0.4, 0.5) is 5.82 Å². The summed E-state index contributed by atoms with van der Waals surface area (Å²) in [6, 6.07) is -0.0382. The second-order valence-electron chi connectivity index (χ2n) is 3.65. The number of methoxy groups -OCH3 is 1. The van der Waals surface area contributed by atoms with Crippen LogP contribution in [-0.4, -0.2) is 47.6 Å². The van der Waals surface area contributed by atoms with E-state index in [9.17, 15) is 4.79 Å².